The SMILES string of the molecule is CC(C)(C)CC(CNC1CCCC1)C(=O)O. The van der Waals surface area contributed by atoms with Gasteiger partial charge in [0.2, 0.25) is 0 Å². The van der Waals surface area contributed by atoms with Gasteiger partial charge in [-0.2, -0.15) is 0 Å². The molecule has 0 aromatic carbocycles. The van der Waals surface area contributed by atoms with E-state index in [2.05, 4.69) is 26.1 Å². The first kappa shape index (κ1) is 13.5. The highest BCUT2D eigenvalue weighted by Crippen LogP contribution is 2.25. The van der Waals surface area contributed by atoms with Gasteiger partial charge in [0.15, 0.2) is 0 Å². The van der Waals surface area contributed by atoms with Gasteiger partial charge in [-0.1, -0.05) is 33.6 Å². The number of hydrogen-bond acceptors (Lipinski definition) is 2. The van der Waals surface area contributed by atoms with Crippen LogP contribution in [0.5, 0.6) is 0 Å². The molecule has 0 saturated heterocycles. The summed E-state index contributed by atoms with van der Waals surface area (Å²) in [6, 6.07) is 0.557. The lowest BCUT2D eigenvalue weighted by atomic mass is 9.84. The average Bonchev–Trinajstić information content (AvgIpc) is 2.62. The van der Waals surface area contributed by atoms with Gasteiger partial charge < -0.3 is 10.4 Å². The number of carboxylic acid groups (broad SMARTS) is 1. The molecule has 1 aliphatic carbocycles. The van der Waals surface area contributed by atoms with Gasteiger partial charge in [-0.15, -0.1) is 0 Å². The summed E-state index contributed by atoms with van der Waals surface area (Å²) in [5.74, 6) is -0.916. The Bertz CT molecular complexity index is 227. The molecule has 1 saturated carbocycles. The number of carbonyl (C=O) groups is 1. The zero-order chi connectivity index (χ0) is 12.2. The van der Waals surface area contributed by atoms with Crippen molar-refractivity contribution in [2.45, 2.75) is 58.9 Å². The molecule has 1 aliphatic rings. The van der Waals surface area contributed by atoms with E-state index in [0.717, 1.165) is 6.42 Å². The van der Waals surface area contributed by atoms with Crippen molar-refractivity contribution in [2.24, 2.45) is 11.3 Å². The van der Waals surface area contributed by atoms with Gasteiger partial charge in [0.05, 0.1) is 5.92 Å². The van der Waals surface area contributed by atoms with Gasteiger partial charge in [0.25, 0.3) is 0 Å². The highest BCUT2D eigenvalue weighted by molar-refractivity contribution is 5.70. The monoisotopic (exact) mass is 227 g/mol. The second-order valence-electron chi connectivity index (χ2n) is 6.19. The van der Waals surface area contributed by atoms with Crippen molar-refractivity contribution < 1.29 is 9.90 Å². The van der Waals surface area contributed by atoms with Crippen LogP contribution >= 0.6 is 0 Å². The number of carboxylic acids is 1. The predicted octanol–water partition coefficient (Wildman–Crippen LogP) is 2.66. The fraction of sp³-hybridized carbons (Fsp3) is 0.923. The van der Waals surface area contributed by atoms with Crippen molar-refractivity contribution in [2.75, 3.05) is 6.54 Å². The maximum atomic E-state index is 11.1. The Morgan fingerprint density at radius 2 is 1.94 bits per heavy atom. The van der Waals surface area contributed by atoms with E-state index in [4.69, 9.17) is 0 Å². The molecule has 1 unspecified atom stereocenters. The number of hydrogen-bond donors (Lipinski definition) is 2. The molecule has 3 nitrogen and oxygen atoms in total. The maximum absolute atomic E-state index is 11.1. The summed E-state index contributed by atoms with van der Waals surface area (Å²) in [4.78, 5) is 11.1. The van der Waals surface area contributed by atoms with E-state index in [-0.39, 0.29) is 11.3 Å². The summed E-state index contributed by atoms with van der Waals surface area (Å²) in [6.45, 7) is 6.91. The summed E-state index contributed by atoms with van der Waals surface area (Å²) in [5, 5.41) is 12.6. The van der Waals surface area contributed by atoms with Crippen molar-refractivity contribution in [1.82, 2.24) is 5.32 Å². The molecular weight excluding hydrogens is 202 g/mol. The van der Waals surface area contributed by atoms with Crippen LogP contribution < -0.4 is 5.32 Å². The van der Waals surface area contributed by atoms with E-state index in [1.54, 1.807) is 0 Å². The Morgan fingerprint density at radius 1 is 1.38 bits per heavy atom. The number of rotatable bonds is 5. The quantitative estimate of drug-likeness (QED) is 0.759. The summed E-state index contributed by atoms with van der Waals surface area (Å²) >= 11 is 0. The van der Waals surface area contributed by atoms with E-state index >= 15 is 0 Å². The van der Waals surface area contributed by atoms with Crippen molar-refractivity contribution in [1.29, 1.82) is 0 Å². The van der Waals surface area contributed by atoms with Crippen LogP contribution in [-0.2, 0) is 4.79 Å². The third-order valence-electron chi connectivity index (χ3n) is 3.22. The molecule has 0 spiro atoms. The van der Waals surface area contributed by atoms with Crippen molar-refractivity contribution in [3.8, 4) is 0 Å². The van der Waals surface area contributed by atoms with Crippen molar-refractivity contribution in [3.63, 3.8) is 0 Å². The lowest BCUT2D eigenvalue weighted by molar-refractivity contribution is -0.142. The van der Waals surface area contributed by atoms with Gasteiger partial charge in [0, 0.05) is 12.6 Å². The lowest BCUT2D eigenvalue weighted by Gasteiger charge is -2.24. The van der Waals surface area contributed by atoms with Crippen molar-refractivity contribution >= 4 is 5.97 Å². The van der Waals surface area contributed by atoms with Gasteiger partial charge in [-0.25, -0.2) is 0 Å². The molecule has 2 N–H and O–H groups in total. The zero-order valence-electron chi connectivity index (χ0n) is 10.8. The van der Waals surface area contributed by atoms with E-state index in [1.807, 2.05) is 0 Å². The second-order valence-corrected chi connectivity index (χ2v) is 6.19. The molecule has 1 atom stereocenters. The van der Waals surface area contributed by atoms with Crippen LogP contribution in [-0.4, -0.2) is 23.7 Å². The van der Waals surface area contributed by atoms with Gasteiger partial charge >= 0.3 is 5.97 Å². The molecule has 0 aromatic heterocycles. The molecule has 0 aliphatic heterocycles. The van der Waals surface area contributed by atoms with E-state index < -0.39 is 5.97 Å². The molecule has 0 bridgehead atoms. The fourth-order valence-corrected chi connectivity index (χ4v) is 2.42. The Balaban J connectivity index is 2.35. The third-order valence-corrected chi connectivity index (χ3v) is 3.22. The molecule has 0 heterocycles. The minimum Gasteiger partial charge on any atom is -0.481 e. The smallest absolute Gasteiger partial charge is 0.307 e. The van der Waals surface area contributed by atoms with Crippen LogP contribution in [0, 0.1) is 11.3 Å². The van der Waals surface area contributed by atoms with Crippen molar-refractivity contribution in [3.05, 3.63) is 0 Å². The molecule has 0 aromatic rings. The number of nitrogens with one attached hydrogen (secondary N) is 1. The van der Waals surface area contributed by atoms with Crippen LogP contribution in [0.3, 0.4) is 0 Å². The van der Waals surface area contributed by atoms with Crippen LogP contribution in [0.1, 0.15) is 52.9 Å². The molecule has 16 heavy (non-hydrogen) atoms. The predicted molar refractivity (Wildman–Crippen MR) is 65.5 cm³/mol. The fourth-order valence-electron chi connectivity index (χ4n) is 2.42. The van der Waals surface area contributed by atoms with Gasteiger partial charge in [0.1, 0.15) is 0 Å². The van der Waals surface area contributed by atoms with E-state index in [1.165, 1.54) is 25.7 Å². The highest BCUT2D eigenvalue weighted by Gasteiger charge is 2.25. The van der Waals surface area contributed by atoms with Crippen LogP contribution in [0.25, 0.3) is 0 Å². The first-order chi connectivity index (χ1) is 7.38. The molecular formula is C13H25NO2. The third kappa shape index (κ3) is 4.97. The van der Waals surface area contributed by atoms with Crippen LogP contribution in [0.15, 0.2) is 0 Å². The van der Waals surface area contributed by atoms with Gasteiger partial charge in [-0.3, -0.25) is 4.79 Å². The Kier molecular flexibility index (Phi) is 4.78. The maximum Gasteiger partial charge on any atom is 0.307 e. The summed E-state index contributed by atoms with van der Waals surface area (Å²) in [5.41, 5.74) is 0.0837. The zero-order valence-corrected chi connectivity index (χ0v) is 10.8. The normalized spacial score (nSPS) is 19.9. The average molecular weight is 227 g/mol. The molecule has 0 radical (unpaired) electrons. The molecule has 1 fully saturated rings. The lowest BCUT2D eigenvalue weighted by Crippen LogP contribution is -2.36. The Labute approximate surface area is 98.6 Å². The second kappa shape index (κ2) is 5.67. The van der Waals surface area contributed by atoms with Crippen LogP contribution in [0.4, 0.5) is 0 Å². The van der Waals surface area contributed by atoms with E-state index in [0.29, 0.717) is 12.6 Å². The first-order valence-electron chi connectivity index (χ1n) is 6.35. The standard InChI is InChI=1S/C13H25NO2/c1-13(2,3)8-10(12(15)16)9-14-11-6-4-5-7-11/h10-11,14H,4-9H2,1-3H3,(H,15,16). The molecule has 0 amide bonds. The largest absolute Gasteiger partial charge is 0.481 e. The van der Waals surface area contributed by atoms with E-state index in [9.17, 15) is 9.90 Å². The molecule has 94 valence electrons. The summed E-state index contributed by atoms with van der Waals surface area (Å²) < 4.78 is 0. The number of aliphatic carboxylic acids is 1. The molecule has 1 rings (SSSR count). The molecule has 3 heteroatoms. The van der Waals surface area contributed by atoms with Gasteiger partial charge in [-0.05, 0) is 24.7 Å². The minimum absolute atomic E-state index is 0.0837. The Hall–Kier alpha value is -0.570. The summed E-state index contributed by atoms with van der Waals surface area (Å²) in [7, 11) is 0. The highest BCUT2D eigenvalue weighted by atomic mass is 16.4. The Morgan fingerprint density at radius 3 is 2.38 bits per heavy atom. The first-order valence-corrected chi connectivity index (χ1v) is 6.35. The van der Waals surface area contributed by atoms with Crippen LogP contribution in [0.2, 0.25) is 0 Å². The topological polar surface area (TPSA) is 49.3 Å². The minimum atomic E-state index is -0.666. The summed E-state index contributed by atoms with van der Waals surface area (Å²) in [6.07, 6.45) is 5.73.